The highest BCUT2D eigenvalue weighted by molar-refractivity contribution is 5.93. The SMILES string of the molecule is CCC(CC)NC(=O)COC(=O)c1ccc(C)cc1O. The molecule has 1 aromatic carbocycles. The Labute approximate surface area is 118 Å². The van der Waals surface area contributed by atoms with E-state index in [1.54, 1.807) is 13.0 Å². The number of esters is 1. The van der Waals surface area contributed by atoms with Crippen molar-refractivity contribution in [2.75, 3.05) is 6.61 Å². The highest BCUT2D eigenvalue weighted by Crippen LogP contribution is 2.19. The van der Waals surface area contributed by atoms with E-state index in [1.165, 1.54) is 12.1 Å². The van der Waals surface area contributed by atoms with E-state index < -0.39 is 5.97 Å². The van der Waals surface area contributed by atoms with E-state index in [4.69, 9.17) is 4.74 Å². The number of carbonyl (C=O) groups is 2. The molecule has 1 rings (SSSR count). The van der Waals surface area contributed by atoms with Crippen LogP contribution in [0.2, 0.25) is 0 Å². The number of ether oxygens (including phenoxy) is 1. The molecular formula is C15H21NO4. The summed E-state index contributed by atoms with van der Waals surface area (Å²) >= 11 is 0. The number of hydrogen-bond donors (Lipinski definition) is 2. The first-order chi connectivity index (χ1) is 9.47. The topological polar surface area (TPSA) is 75.6 Å². The first kappa shape index (κ1) is 16.0. The molecule has 0 atom stereocenters. The van der Waals surface area contributed by atoms with E-state index >= 15 is 0 Å². The molecule has 5 heteroatoms. The molecule has 1 amide bonds. The van der Waals surface area contributed by atoms with Crippen LogP contribution in [0.25, 0.3) is 0 Å². The normalized spacial score (nSPS) is 10.4. The predicted octanol–water partition coefficient (Wildman–Crippen LogP) is 2.16. The number of hydrogen-bond acceptors (Lipinski definition) is 4. The zero-order valence-electron chi connectivity index (χ0n) is 12.1. The summed E-state index contributed by atoms with van der Waals surface area (Å²) in [4.78, 5) is 23.3. The summed E-state index contributed by atoms with van der Waals surface area (Å²) in [5, 5.41) is 12.4. The fourth-order valence-corrected chi connectivity index (χ4v) is 1.79. The highest BCUT2D eigenvalue weighted by atomic mass is 16.5. The minimum Gasteiger partial charge on any atom is -0.507 e. The second-order valence-corrected chi connectivity index (χ2v) is 4.68. The third-order valence-electron chi connectivity index (χ3n) is 3.06. The molecule has 0 aliphatic heterocycles. The maximum absolute atomic E-state index is 11.7. The number of benzene rings is 1. The Hall–Kier alpha value is -2.04. The molecule has 5 nitrogen and oxygen atoms in total. The van der Waals surface area contributed by atoms with Crippen LogP contribution in [0, 0.1) is 6.92 Å². The fourth-order valence-electron chi connectivity index (χ4n) is 1.79. The molecule has 2 N–H and O–H groups in total. The summed E-state index contributed by atoms with van der Waals surface area (Å²) in [5.74, 6) is -1.18. The fraction of sp³-hybridized carbons (Fsp3) is 0.467. The lowest BCUT2D eigenvalue weighted by Gasteiger charge is -2.14. The van der Waals surface area contributed by atoms with Gasteiger partial charge >= 0.3 is 5.97 Å². The van der Waals surface area contributed by atoms with Crippen molar-refractivity contribution < 1.29 is 19.4 Å². The Morgan fingerprint density at radius 1 is 1.30 bits per heavy atom. The second-order valence-electron chi connectivity index (χ2n) is 4.68. The maximum Gasteiger partial charge on any atom is 0.342 e. The molecule has 0 saturated carbocycles. The summed E-state index contributed by atoms with van der Waals surface area (Å²) in [6.45, 7) is 5.41. The van der Waals surface area contributed by atoms with E-state index in [1.807, 2.05) is 13.8 Å². The lowest BCUT2D eigenvalue weighted by molar-refractivity contribution is -0.125. The van der Waals surface area contributed by atoms with Gasteiger partial charge in [-0.05, 0) is 37.5 Å². The van der Waals surface area contributed by atoms with Crippen molar-refractivity contribution in [3.63, 3.8) is 0 Å². The Balaban J connectivity index is 2.53. The van der Waals surface area contributed by atoms with E-state index in [-0.39, 0.29) is 29.9 Å². The molecule has 0 aromatic heterocycles. The molecule has 0 bridgehead atoms. The average molecular weight is 279 g/mol. The number of rotatable bonds is 6. The second kappa shape index (κ2) is 7.53. The van der Waals surface area contributed by atoms with Crippen LogP contribution in [0.3, 0.4) is 0 Å². The summed E-state index contributed by atoms with van der Waals surface area (Å²) in [6, 6.07) is 4.74. The standard InChI is InChI=1S/C15H21NO4/c1-4-11(5-2)16-14(18)9-20-15(19)12-7-6-10(3)8-13(12)17/h6-8,11,17H,4-5,9H2,1-3H3,(H,16,18). The molecule has 20 heavy (non-hydrogen) atoms. The Morgan fingerprint density at radius 2 is 1.95 bits per heavy atom. The van der Waals surface area contributed by atoms with Crippen LogP contribution in [0.4, 0.5) is 0 Å². The first-order valence-corrected chi connectivity index (χ1v) is 6.74. The van der Waals surface area contributed by atoms with E-state index in [0.717, 1.165) is 18.4 Å². The van der Waals surface area contributed by atoms with Crippen LogP contribution >= 0.6 is 0 Å². The van der Waals surface area contributed by atoms with Crippen LogP contribution in [0.5, 0.6) is 5.75 Å². The van der Waals surface area contributed by atoms with Crippen LogP contribution in [-0.2, 0) is 9.53 Å². The molecule has 0 fully saturated rings. The third kappa shape index (κ3) is 4.57. The third-order valence-corrected chi connectivity index (χ3v) is 3.06. The number of phenols is 1. The van der Waals surface area contributed by atoms with Crippen molar-refractivity contribution in [3.8, 4) is 5.75 Å². The number of aryl methyl sites for hydroxylation is 1. The summed E-state index contributed by atoms with van der Waals surface area (Å²) in [6.07, 6.45) is 1.66. The van der Waals surface area contributed by atoms with Gasteiger partial charge in [-0.2, -0.15) is 0 Å². The number of amides is 1. The maximum atomic E-state index is 11.7. The molecule has 0 saturated heterocycles. The quantitative estimate of drug-likeness (QED) is 0.782. The van der Waals surface area contributed by atoms with Crippen LogP contribution in [-0.4, -0.2) is 29.6 Å². The van der Waals surface area contributed by atoms with Crippen molar-refractivity contribution in [2.45, 2.75) is 39.7 Å². The molecule has 0 spiro atoms. The molecular weight excluding hydrogens is 258 g/mol. The van der Waals surface area contributed by atoms with Crippen molar-refractivity contribution in [2.24, 2.45) is 0 Å². The van der Waals surface area contributed by atoms with Gasteiger partial charge in [0.25, 0.3) is 5.91 Å². The van der Waals surface area contributed by atoms with Crippen LogP contribution in [0.1, 0.15) is 42.6 Å². The molecule has 0 unspecified atom stereocenters. The number of phenolic OH excluding ortho intramolecular Hbond substituents is 1. The summed E-state index contributed by atoms with van der Waals surface area (Å²) in [7, 11) is 0. The van der Waals surface area contributed by atoms with Crippen molar-refractivity contribution in [3.05, 3.63) is 29.3 Å². The van der Waals surface area contributed by atoms with Crippen LogP contribution in [0.15, 0.2) is 18.2 Å². The molecule has 0 aliphatic rings. The Morgan fingerprint density at radius 3 is 2.50 bits per heavy atom. The number of aromatic hydroxyl groups is 1. The van der Waals surface area contributed by atoms with Gasteiger partial charge in [-0.3, -0.25) is 4.79 Å². The largest absolute Gasteiger partial charge is 0.507 e. The van der Waals surface area contributed by atoms with E-state index in [0.29, 0.717) is 0 Å². The van der Waals surface area contributed by atoms with Crippen molar-refractivity contribution in [1.82, 2.24) is 5.32 Å². The molecule has 0 radical (unpaired) electrons. The zero-order valence-corrected chi connectivity index (χ0v) is 12.1. The summed E-state index contributed by atoms with van der Waals surface area (Å²) < 4.78 is 4.89. The summed E-state index contributed by atoms with van der Waals surface area (Å²) in [5.41, 5.74) is 0.899. The minimum atomic E-state index is -0.706. The van der Waals surface area contributed by atoms with Gasteiger partial charge < -0.3 is 15.2 Å². The van der Waals surface area contributed by atoms with Gasteiger partial charge in [0.05, 0.1) is 0 Å². The number of carbonyl (C=O) groups excluding carboxylic acids is 2. The Bertz CT molecular complexity index is 481. The van der Waals surface area contributed by atoms with Crippen LogP contribution < -0.4 is 5.32 Å². The molecule has 110 valence electrons. The van der Waals surface area contributed by atoms with Crippen molar-refractivity contribution in [1.29, 1.82) is 0 Å². The Kier molecular flexibility index (Phi) is 6.03. The van der Waals surface area contributed by atoms with Gasteiger partial charge in [-0.25, -0.2) is 4.79 Å². The van der Waals surface area contributed by atoms with Gasteiger partial charge in [-0.15, -0.1) is 0 Å². The van der Waals surface area contributed by atoms with Gasteiger partial charge in [0, 0.05) is 6.04 Å². The monoisotopic (exact) mass is 279 g/mol. The molecule has 0 aliphatic carbocycles. The first-order valence-electron chi connectivity index (χ1n) is 6.74. The predicted molar refractivity (Wildman–Crippen MR) is 75.6 cm³/mol. The van der Waals surface area contributed by atoms with Gasteiger partial charge in [-0.1, -0.05) is 19.9 Å². The highest BCUT2D eigenvalue weighted by Gasteiger charge is 2.15. The van der Waals surface area contributed by atoms with Crippen molar-refractivity contribution >= 4 is 11.9 Å². The minimum absolute atomic E-state index is 0.0610. The molecule has 0 heterocycles. The zero-order chi connectivity index (χ0) is 15.1. The van der Waals surface area contributed by atoms with E-state index in [2.05, 4.69) is 5.32 Å². The number of nitrogens with one attached hydrogen (secondary N) is 1. The smallest absolute Gasteiger partial charge is 0.342 e. The molecule has 1 aromatic rings. The average Bonchev–Trinajstić information content (AvgIpc) is 2.42. The van der Waals surface area contributed by atoms with Gasteiger partial charge in [0.2, 0.25) is 0 Å². The van der Waals surface area contributed by atoms with Gasteiger partial charge in [0.1, 0.15) is 11.3 Å². The van der Waals surface area contributed by atoms with Gasteiger partial charge in [0.15, 0.2) is 6.61 Å². The lowest BCUT2D eigenvalue weighted by atomic mass is 10.1. The lowest BCUT2D eigenvalue weighted by Crippen LogP contribution is -2.36. The van der Waals surface area contributed by atoms with E-state index in [9.17, 15) is 14.7 Å².